The number of hydrogen-bond acceptors (Lipinski definition) is 5. The Hall–Kier alpha value is -0.670. The Balaban J connectivity index is 3.33. The van der Waals surface area contributed by atoms with E-state index in [4.69, 9.17) is 16.7 Å². The van der Waals surface area contributed by atoms with Crippen LogP contribution < -0.4 is 5.14 Å². The molecule has 0 saturated heterocycles. The van der Waals surface area contributed by atoms with Crippen LogP contribution in [0.5, 0.6) is 0 Å². The number of benzene rings is 1. The lowest BCUT2D eigenvalue weighted by Crippen LogP contribution is -2.22. The Morgan fingerprint density at radius 1 is 1.33 bits per heavy atom. The van der Waals surface area contributed by atoms with Crippen molar-refractivity contribution in [3.05, 3.63) is 28.8 Å². The largest absolute Gasteiger partial charge is 0.387 e. The van der Waals surface area contributed by atoms with Gasteiger partial charge in [-0.25, -0.2) is 22.0 Å². The van der Waals surface area contributed by atoms with Crippen molar-refractivity contribution in [2.45, 2.75) is 11.0 Å². The van der Waals surface area contributed by atoms with Gasteiger partial charge >= 0.3 is 0 Å². The molecule has 3 N–H and O–H groups in total. The number of sulfone groups is 1. The SMILES string of the molecule is CS(=O)(=O)c1cc(Cl)ccc1[C@@H](O)CS(N)(=O)=O. The second-order valence-electron chi connectivity index (χ2n) is 3.80. The van der Waals surface area contributed by atoms with Crippen LogP contribution in [0.1, 0.15) is 11.7 Å². The third-order valence-electron chi connectivity index (χ3n) is 2.12. The Morgan fingerprint density at radius 3 is 2.33 bits per heavy atom. The van der Waals surface area contributed by atoms with Gasteiger partial charge in [-0.3, -0.25) is 0 Å². The van der Waals surface area contributed by atoms with Gasteiger partial charge in [-0.1, -0.05) is 17.7 Å². The zero-order valence-corrected chi connectivity index (χ0v) is 11.8. The fourth-order valence-electron chi connectivity index (χ4n) is 1.41. The van der Waals surface area contributed by atoms with Crippen molar-refractivity contribution in [2.75, 3.05) is 12.0 Å². The second kappa shape index (κ2) is 5.14. The quantitative estimate of drug-likeness (QED) is 0.816. The van der Waals surface area contributed by atoms with E-state index in [0.29, 0.717) is 0 Å². The summed E-state index contributed by atoms with van der Waals surface area (Å²) in [7, 11) is -7.56. The van der Waals surface area contributed by atoms with Gasteiger partial charge in [0.1, 0.15) is 0 Å². The monoisotopic (exact) mass is 313 g/mol. The highest BCUT2D eigenvalue weighted by atomic mass is 35.5. The summed E-state index contributed by atoms with van der Waals surface area (Å²) in [6, 6.07) is 3.77. The van der Waals surface area contributed by atoms with E-state index >= 15 is 0 Å². The second-order valence-corrected chi connectivity index (χ2v) is 7.88. The molecular formula is C9H12ClNO5S2. The van der Waals surface area contributed by atoms with Crippen molar-refractivity contribution in [3.8, 4) is 0 Å². The summed E-state index contributed by atoms with van der Waals surface area (Å²) in [6.45, 7) is 0. The first-order valence-electron chi connectivity index (χ1n) is 4.69. The molecule has 0 radical (unpaired) electrons. The van der Waals surface area contributed by atoms with E-state index < -0.39 is 31.7 Å². The molecule has 0 saturated carbocycles. The Kier molecular flexibility index (Phi) is 4.39. The van der Waals surface area contributed by atoms with Crippen molar-refractivity contribution >= 4 is 31.5 Å². The minimum atomic E-state index is -3.92. The summed E-state index contributed by atoms with van der Waals surface area (Å²) < 4.78 is 44.8. The van der Waals surface area contributed by atoms with Gasteiger partial charge in [0, 0.05) is 16.8 Å². The number of halogens is 1. The summed E-state index contributed by atoms with van der Waals surface area (Å²) in [5.41, 5.74) is -0.0454. The molecule has 0 spiro atoms. The van der Waals surface area contributed by atoms with Gasteiger partial charge in [-0.2, -0.15) is 0 Å². The third-order valence-corrected chi connectivity index (χ3v) is 4.29. The summed E-state index contributed by atoms with van der Waals surface area (Å²) in [5.74, 6) is -0.767. The van der Waals surface area contributed by atoms with Crippen molar-refractivity contribution < 1.29 is 21.9 Å². The van der Waals surface area contributed by atoms with E-state index in [2.05, 4.69) is 0 Å². The molecule has 0 aromatic heterocycles. The van der Waals surface area contributed by atoms with E-state index in [1.807, 2.05) is 0 Å². The van der Waals surface area contributed by atoms with Gasteiger partial charge in [0.15, 0.2) is 9.84 Å². The Morgan fingerprint density at radius 2 is 1.89 bits per heavy atom. The maximum absolute atomic E-state index is 11.5. The van der Waals surface area contributed by atoms with Gasteiger partial charge in [0.05, 0.1) is 16.8 Å². The van der Waals surface area contributed by atoms with Gasteiger partial charge < -0.3 is 5.11 Å². The molecule has 9 heteroatoms. The predicted molar refractivity (Wildman–Crippen MR) is 67.5 cm³/mol. The van der Waals surface area contributed by atoms with E-state index in [1.54, 1.807) is 0 Å². The number of hydrogen-bond donors (Lipinski definition) is 2. The van der Waals surface area contributed by atoms with Crippen molar-refractivity contribution in [1.29, 1.82) is 0 Å². The highest BCUT2D eigenvalue weighted by Crippen LogP contribution is 2.26. The van der Waals surface area contributed by atoms with Crippen LogP contribution >= 0.6 is 11.6 Å². The molecule has 0 amide bonds. The first-order valence-corrected chi connectivity index (χ1v) is 8.67. The van der Waals surface area contributed by atoms with Gasteiger partial charge in [-0.15, -0.1) is 0 Å². The van der Waals surface area contributed by atoms with Crippen LogP contribution in [0, 0.1) is 0 Å². The zero-order chi connectivity index (χ0) is 14.1. The molecule has 0 heterocycles. The summed E-state index contributed by atoms with van der Waals surface area (Å²) in [6.07, 6.45) is -0.590. The lowest BCUT2D eigenvalue weighted by molar-refractivity contribution is 0.198. The minimum absolute atomic E-state index is 0.0454. The fraction of sp³-hybridized carbons (Fsp3) is 0.333. The van der Waals surface area contributed by atoms with Crippen LogP contribution in [-0.2, 0) is 19.9 Å². The molecule has 1 aromatic carbocycles. The molecule has 6 nitrogen and oxygen atoms in total. The Bertz CT molecular complexity index is 654. The molecule has 1 aromatic rings. The first kappa shape index (κ1) is 15.4. The Labute approximate surface area is 110 Å². The number of primary sulfonamides is 1. The highest BCUT2D eigenvalue weighted by Gasteiger charge is 2.22. The summed E-state index contributed by atoms with van der Waals surface area (Å²) >= 11 is 5.67. The summed E-state index contributed by atoms with van der Waals surface area (Å²) in [5, 5.41) is 14.7. The number of nitrogens with two attached hydrogens (primary N) is 1. The molecule has 0 bridgehead atoms. The fourth-order valence-corrected chi connectivity index (χ4v) is 3.24. The normalized spacial score (nSPS) is 14.4. The predicted octanol–water partition coefficient (Wildman–Crippen LogP) is 0.0654. The van der Waals surface area contributed by atoms with Crippen LogP contribution in [0.25, 0.3) is 0 Å². The third kappa shape index (κ3) is 4.21. The molecule has 18 heavy (non-hydrogen) atoms. The average molecular weight is 314 g/mol. The van der Waals surface area contributed by atoms with E-state index in [-0.39, 0.29) is 15.5 Å². The van der Waals surface area contributed by atoms with Crippen LogP contribution in [0.15, 0.2) is 23.1 Å². The standard InChI is InChI=1S/C9H12ClNO5S2/c1-17(13,14)9-4-6(10)2-3-7(9)8(12)5-18(11,15)16/h2-4,8,12H,5H2,1H3,(H2,11,15,16)/t8-/m0/s1. The maximum Gasteiger partial charge on any atom is 0.211 e. The lowest BCUT2D eigenvalue weighted by Gasteiger charge is -2.14. The molecule has 0 unspecified atom stereocenters. The van der Waals surface area contributed by atoms with Gasteiger partial charge in [-0.05, 0) is 12.1 Å². The van der Waals surface area contributed by atoms with Crippen molar-refractivity contribution in [2.24, 2.45) is 5.14 Å². The van der Waals surface area contributed by atoms with Crippen molar-refractivity contribution in [3.63, 3.8) is 0 Å². The molecule has 1 rings (SSSR count). The highest BCUT2D eigenvalue weighted by molar-refractivity contribution is 7.90. The van der Waals surface area contributed by atoms with Crippen LogP contribution in [0.3, 0.4) is 0 Å². The molecule has 102 valence electrons. The molecule has 1 atom stereocenters. The number of aliphatic hydroxyl groups excluding tert-OH is 1. The smallest absolute Gasteiger partial charge is 0.211 e. The van der Waals surface area contributed by atoms with E-state index in [1.165, 1.54) is 12.1 Å². The van der Waals surface area contributed by atoms with Crippen molar-refractivity contribution in [1.82, 2.24) is 0 Å². The molecule has 0 aliphatic heterocycles. The molecular weight excluding hydrogens is 302 g/mol. The van der Waals surface area contributed by atoms with E-state index in [0.717, 1.165) is 12.3 Å². The molecule has 0 aliphatic carbocycles. The van der Waals surface area contributed by atoms with Crippen LogP contribution in [0.4, 0.5) is 0 Å². The first-order chi connectivity index (χ1) is 8.00. The average Bonchev–Trinajstić information content (AvgIpc) is 2.13. The molecule has 0 aliphatic rings. The number of aliphatic hydroxyl groups is 1. The summed E-state index contributed by atoms with van der Waals surface area (Å²) in [4.78, 5) is -0.217. The van der Waals surface area contributed by atoms with E-state index in [9.17, 15) is 21.9 Å². The maximum atomic E-state index is 11.5. The number of rotatable bonds is 4. The van der Waals surface area contributed by atoms with Gasteiger partial charge in [0.25, 0.3) is 0 Å². The number of sulfonamides is 1. The lowest BCUT2D eigenvalue weighted by atomic mass is 10.1. The topological polar surface area (TPSA) is 115 Å². The van der Waals surface area contributed by atoms with Crippen LogP contribution in [0.2, 0.25) is 5.02 Å². The molecule has 0 fully saturated rings. The van der Waals surface area contributed by atoms with Crippen LogP contribution in [-0.4, -0.2) is 34.0 Å². The zero-order valence-electron chi connectivity index (χ0n) is 9.37. The van der Waals surface area contributed by atoms with Gasteiger partial charge in [0.2, 0.25) is 10.0 Å². The minimum Gasteiger partial charge on any atom is -0.387 e.